The monoisotopic (exact) mass is 560 g/mol. The van der Waals surface area contributed by atoms with Gasteiger partial charge in [0.05, 0.1) is 36.3 Å². The zero-order valence-corrected chi connectivity index (χ0v) is 22.0. The molecule has 1 aliphatic rings. The molecule has 0 radical (unpaired) electrons. The Morgan fingerprint density at radius 1 is 1.12 bits per heavy atom. The fraction of sp³-hybridized carbons (Fsp3) is 0.393. The number of benzene rings is 2. The van der Waals surface area contributed by atoms with Crippen molar-refractivity contribution in [3.8, 4) is 6.07 Å². The summed E-state index contributed by atoms with van der Waals surface area (Å²) in [5.74, 6) is -8.83. The standard InChI is InChI=1S/C28H27F3N2O7/c1-5-26(24(36)37)21(18-11-9-17(14-32)10-12-18)27(25(38)39,15(2)22(34)40-4)16(3)33(23(26)35)20-8-6-7-19(13-20)28(29,30)31/h6-13,15-16,21H,5H2,1-4H3,(H,36,37)(H,38,39)/t15-,16?,21?,26?,27?/m0/s1. The number of ether oxygens (including phenoxy) is 1. The van der Waals surface area contributed by atoms with Crippen molar-refractivity contribution >= 4 is 29.5 Å². The van der Waals surface area contributed by atoms with E-state index in [9.17, 15) is 47.8 Å². The number of amides is 1. The Morgan fingerprint density at radius 3 is 2.17 bits per heavy atom. The first-order valence-corrected chi connectivity index (χ1v) is 12.2. The molecule has 1 saturated heterocycles. The summed E-state index contributed by atoms with van der Waals surface area (Å²) in [6.07, 6.45) is -5.29. The number of rotatable bonds is 7. The third kappa shape index (κ3) is 4.35. The van der Waals surface area contributed by atoms with Gasteiger partial charge in [-0.3, -0.25) is 19.2 Å². The predicted octanol–water partition coefficient (Wildman–Crippen LogP) is 4.46. The molecule has 1 aliphatic heterocycles. The molecule has 1 amide bonds. The van der Waals surface area contributed by atoms with Gasteiger partial charge in [-0.2, -0.15) is 18.4 Å². The highest BCUT2D eigenvalue weighted by atomic mass is 19.4. The Balaban J connectivity index is 2.52. The molecular weight excluding hydrogens is 533 g/mol. The Kier molecular flexibility index (Phi) is 8.02. The Morgan fingerprint density at radius 2 is 1.73 bits per heavy atom. The molecule has 212 valence electrons. The summed E-state index contributed by atoms with van der Waals surface area (Å²) in [6, 6.07) is 9.18. The normalized spacial score (nSPS) is 25.6. The number of carbonyl (C=O) groups excluding carboxylic acids is 2. The second-order valence-corrected chi connectivity index (χ2v) is 9.68. The SMILES string of the molecule is CCC1(C(=O)O)C(=O)N(c2cccc(C(F)(F)F)c2)C(C)C(C(=O)O)([C@@H](C)C(=O)OC)C1c1ccc(C#N)cc1. The van der Waals surface area contributed by atoms with Crippen molar-refractivity contribution < 1.29 is 47.3 Å². The molecule has 0 saturated carbocycles. The van der Waals surface area contributed by atoms with Gasteiger partial charge in [-0.15, -0.1) is 0 Å². The number of nitrogens with zero attached hydrogens (tertiary/aromatic N) is 2. The summed E-state index contributed by atoms with van der Waals surface area (Å²) in [5, 5.41) is 30.8. The molecule has 4 unspecified atom stereocenters. The van der Waals surface area contributed by atoms with Crippen LogP contribution < -0.4 is 4.90 Å². The van der Waals surface area contributed by atoms with Crippen LogP contribution in [0.2, 0.25) is 0 Å². The maximum Gasteiger partial charge on any atom is 0.416 e. The lowest BCUT2D eigenvalue weighted by molar-refractivity contribution is -0.182. The van der Waals surface area contributed by atoms with E-state index in [1.807, 2.05) is 6.07 Å². The van der Waals surface area contributed by atoms with Crippen molar-refractivity contribution in [3.05, 3.63) is 65.2 Å². The van der Waals surface area contributed by atoms with E-state index in [0.29, 0.717) is 6.07 Å². The summed E-state index contributed by atoms with van der Waals surface area (Å²) < 4.78 is 45.7. The largest absolute Gasteiger partial charge is 0.481 e. The van der Waals surface area contributed by atoms with E-state index < -0.39 is 70.7 Å². The van der Waals surface area contributed by atoms with Crippen LogP contribution in [0.15, 0.2) is 48.5 Å². The number of esters is 1. The minimum atomic E-state index is -4.82. The van der Waals surface area contributed by atoms with Crippen LogP contribution in [-0.4, -0.2) is 47.2 Å². The maximum atomic E-state index is 14.3. The lowest BCUT2D eigenvalue weighted by Crippen LogP contribution is -2.72. The number of hydrogen-bond acceptors (Lipinski definition) is 6. The molecule has 3 rings (SSSR count). The third-order valence-corrected chi connectivity index (χ3v) is 8.06. The molecule has 0 aromatic heterocycles. The fourth-order valence-electron chi connectivity index (χ4n) is 6.05. The van der Waals surface area contributed by atoms with E-state index in [1.54, 1.807) is 0 Å². The van der Waals surface area contributed by atoms with E-state index in [2.05, 4.69) is 0 Å². The number of piperidine rings is 1. The molecular formula is C28H27F3N2O7. The Bertz CT molecular complexity index is 1390. The lowest BCUT2D eigenvalue weighted by atomic mass is 9.48. The molecule has 1 fully saturated rings. The van der Waals surface area contributed by atoms with Crippen LogP contribution >= 0.6 is 0 Å². The van der Waals surface area contributed by atoms with Crippen molar-refractivity contribution in [3.63, 3.8) is 0 Å². The summed E-state index contributed by atoms with van der Waals surface area (Å²) in [4.78, 5) is 54.5. The number of anilines is 1. The summed E-state index contributed by atoms with van der Waals surface area (Å²) >= 11 is 0. The minimum Gasteiger partial charge on any atom is -0.481 e. The Hall–Kier alpha value is -4.40. The fourth-order valence-corrected chi connectivity index (χ4v) is 6.05. The van der Waals surface area contributed by atoms with Crippen LogP contribution in [0.1, 0.15) is 49.8 Å². The number of nitriles is 1. The highest BCUT2D eigenvalue weighted by Crippen LogP contribution is 2.61. The van der Waals surface area contributed by atoms with E-state index in [4.69, 9.17) is 4.74 Å². The number of carbonyl (C=O) groups is 4. The van der Waals surface area contributed by atoms with Gasteiger partial charge >= 0.3 is 24.1 Å². The molecule has 0 aliphatic carbocycles. The van der Waals surface area contributed by atoms with Crippen LogP contribution in [0.4, 0.5) is 18.9 Å². The number of hydrogen-bond donors (Lipinski definition) is 2. The molecule has 1 heterocycles. The highest BCUT2D eigenvalue weighted by Gasteiger charge is 2.73. The molecule has 9 nitrogen and oxygen atoms in total. The number of halogens is 3. The van der Waals surface area contributed by atoms with Crippen LogP contribution in [-0.2, 0) is 30.1 Å². The minimum absolute atomic E-state index is 0.0466. The molecule has 12 heteroatoms. The van der Waals surface area contributed by atoms with E-state index >= 15 is 0 Å². The molecule has 2 aromatic carbocycles. The van der Waals surface area contributed by atoms with E-state index in [1.165, 1.54) is 45.0 Å². The van der Waals surface area contributed by atoms with Gasteiger partial charge in [0.15, 0.2) is 5.41 Å². The first-order valence-electron chi connectivity index (χ1n) is 12.2. The van der Waals surface area contributed by atoms with Gasteiger partial charge in [0.25, 0.3) is 0 Å². The average Bonchev–Trinajstić information content (AvgIpc) is 2.91. The molecule has 0 spiro atoms. The average molecular weight is 561 g/mol. The van der Waals surface area contributed by atoms with Crippen LogP contribution in [0, 0.1) is 28.1 Å². The Labute approximate surface area is 227 Å². The highest BCUT2D eigenvalue weighted by molar-refractivity contribution is 6.13. The first-order chi connectivity index (χ1) is 18.7. The van der Waals surface area contributed by atoms with Gasteiger partial charge in [-0.05, 0) is 49.2 Å². The lowest BCUT2D eigenvalue weighted by Gasteiger charge is -2.58. The molecule has 5 atom stereocenters. The number of carboxylic acids is 2. The van der Waals surface area contributed by atoms with Crippen molar-refractivity contribution in [2.24, 2.45) is 16.7 Å². The van der Waals surface area contributed by atoms with Crippen molar-refractivity contribution in [1.29, 1.82) is 5.26 Å². The summed E-state index contributed by atoms with van der Waals surface area (Å²) in [5.41, 5.74) is -6.27. The quantitative estimate of drug-likeness (QED) is 0.373. The van der Waals surface area contributed by atoms with E-state index in [0.717, 1.165) is 30.2 Å². The van der Waals surface area contributed by atoms with Gasteiger partial charge in [0, 0.05) is 11.6 Å². The number of alkyl halides is 3. The molecule has 0 bridgehead atoms. The number of carboxylic acid groups (broad SMARTS) is 2. The zero-order chi connectivity index (χ0) is 30.2. The number of methoxy groups -OCH3 is 1. The molecule has 40 heavy (non-hydrogen) atoms. The van der Waals surface area contributed by atoms with Gasteiger partial charge in [-0.1, -0.05) is 32.0 Å². The van der Waals surface area contributed by atoms with Crippen molar-refractivity contribution in [2.75, 3.05) is 12.0 Å². The predicted molar refractivity (Wildman–Crippen MR) is 134 cm³/mol. The molecule has 2 N–H and O–H groups in total. The second-order valence-electron chi connectivity index (χ2n) is 9.68. The van der Waals surface area contributed by atoms with Gasteiger partial charge in [0.2, 0.25) is 5.91 Å². The second kappa shape index (κ2) is 10.6. The van der Waals surface area contributed by atoms with E-state index in [-0.39, 0.29) is 16.8 Å². The van der Waals surface area contributed by atoms with Gasteiger partial charge < -0.3 is 19.8 Å². The summed E-state index contributed by atoms with van der Waals surface area (Å²) in [7, 11) is 1.01. The molecule has 2 aromatic rings. The third-order valence-electron chi connectivity index (χ3n) is 8.06. The van der Waals surface area contributed by atoms with Crippen molar-refractivity contribution in [1.82, 2.24) is 0 Å². The van der Waals surface area contributed by atoms with Gasteiger partial charge in [0.1, 0.15) is 5.41 Å². The summed E-state index contributed by atoms with van der Waals surface area (Å²) in [6.45, 7) is 3.82. The topological polar surface area (TPSA) is 145 Å². The van der Waals surface area contributed by atoms with Crippen molar-refractivity contribution in [2.45, 2.75) is 45.3 Å². The maximum absolute atomic E-state index is 14.3. The van der Waals surface area contributed by atoms with Crippen LogP contribution in [0.25, 0.3) is 0 Å². The first kappa shape index (κ1) is 30.1. The zero-order valence-electron chi connectivity index (χ0n) is 22.0. The van der Waals surface area contributed by atoms with Gasteiger partial charge in [-0.25, -0.2) is 0 Å². The van der Waals surface area contributed by atoms with Crippen LogP contribution in [0.5, 0.6) is 0 Å². The van der Waals surface area contributed by atoms with Crippen LogP contribution in [0.3, 0.4) is 0 Å². The smallest absolute Gasteiger partial charge is 0.416 e. The number of aliphatic carboxylic acids is 2.